The number of hydrogen-bond donors (Lipinski definition) is 2. The second-order valence-electron chi connectivity index (χ2n) is 11.4. The first-order chi connectivity index (χ1) is 22.2. The summed E-state index contributed by atoms with van der Waals surface area (Å²) in [6, 6.07) is 3.90. The fourth-order valence-corrected chi connectivity index (χ4v) is 7.02. The number of methoxy groups -OCH3 is 3. The molecule has 13 nitrogen and oxygen atoms in total. The Balaban J connectivity index is 1.52. The van der Waals surface area contributed by atoms with Crippen molar-refractivity contribution in [3.8, 4) is 17.2 Å². The largest absolute Gasteiger partial charge is 0.493 e. The predicted octanol–water partition coefficient (Wildman–Crippen LogP) is 5.22. The van der Waals surface area contributed by atoms with Crippen LogP contribution in [0.5, 0.6) is 17.2 Å². The number of anilines is 4. The van der Waals surface area contributed by atoms with Gasteiger partial charge in [0.15, 0.2) is 16.6 Å². The van der Waals surface area contributed by atoms with Gasteiger partial charge in [0.05, 0.1) is 33.6 Å². The Labute approximate surface area is 272 Å². The van der Waals surface area contributed by atoms with Gasteiger partial charge >= 0.3 is 11.9 Å². The molecule has 1 atom stereocenters. The summed E-state index contributed by atoms with van der Waals surface area (Å²) < 4.78 is 22.0. The number of carbonyl (C=O) groups is 2. The van der Waals surface area contributed by atoms with E-state index in [1.54, 1.807) is 35.2 Å². The van der Waals surface area contributed by atoms with Crippen molar-refractivity contribution < 1.29 is 33.6 Å². The number of aliphatic carboxylic acids is 1. The van der Waals surface area contributed by atoms with Gasteiger partial charge in [0.1, 0.15) is 16.5 Å². The van der Waals surface area contributed by atoms with Crippen molar-refractivity contribution in [1.29, 1.82) is 0 Å². The number of carboxylic acids is 1. The average molecular weight is 655 g/mol. The quantitative estimate of drug-likeness (QED) is 0.232. The average Bonchev–Trinajstić information content (AvgIpc) is 3.42. The van der Waals surface area contributed by atoms with Gasteiger partial charge in [-0.05, 0) is 69.6 Å². The molecular weight excluding hydrogens is 612 g/mol. The molecule has 0 amide bonds. The van der Waals surface area contributed by atoms with Crippen LogP contribution in [0.1, 0.15) is 65.5 Å². The number of aryl methyl sites for hydroxylation is 1. The van der Waals surface area contributed by atoms with Gasteiger partial charge in [0, 0.05) is 38.2 Å². The minimum absolute atomic E-state index is 0.155. The number of fused-ring (bicyclic) bond motifs is 1. The summed E-state index contributed by atoms with van der Waals surface area (Å²) in [7, 11) is 4.79. The van der Waals surface area contributed by atoms with Crippen molar-refractivity contribution in [2.24, 2.45) is 5.92 Å². The molecule has 4 heterocycles. The van der Waals surface area contributed by atoms with Crippen LogP contribution in [-0.4, -0.2) is 79.6 Å². The summed E-state index contributed by atoms with van der Waals surface area (Å²) in [4.78, 5) is 43.3. The van der Waals surface area contributed by atoms with Crippen molar-refractivity contribution >= 4 is 46.0 Å². The molecular formula is C32H42N6O7S. The lowest BCUT2D eigenvalue weighted by molar-refractivity contribution is -0.137. The Morgan fingerprint density at radius 1 is 1.04 bits per heavy atom. The van der Waals surface area contributed by atoms with Crippen molar-refractivity contribution in [1.82, 2.24) is 15.0 Å². The number of benzene rings is 1. The Bertz CT molecular complexity index is 1540. The molecule has 3 aromatic rings. The van der Waals surface area contributed by atoms with Crippen LogP contribution < -0.4 is 29.3 Å². The van der Waals surface area contributed by atoms with Gasteiger partial charge in [-0.25, -0.2) is 9.78 Å². The third-order valence-electron chi connectivity index (χ3n) is 8.28. The topological polar surface area (TPSA) is 148 Å². The fraction of sp³-hybridized carbons (Fsp3) is 0.531. The summed E-state index contributed by atoms with van der Waals surface area (Å²) in [5.41, 5.74) is 2.61. The van der Waals surface area contributed by atoms with Crippen LogP contribution in [0.15, 0.2) is 12.1 Å². The molecule has 0 bridgehead atoms. The van der Waals surface area contributed by atoms with Crippen molar-refractivity contribution in [2.75, 3.05) is 62.7 Å². The second kappa shape index (κ2) is 14.8. The second-order valence-corrected chi connectivity index (χ2v) is 12.4. The van der Waals surface area contributed by atoms with Gasteiger partial charge in [-0.15, -0.1) is 0 Å². The van der Waals surface area contributed by atoms with Crippen molar-refractivity contribution in [3.05, 3.63) is 33.8 Å². The molecule has 0 aliphatic carbocycles. The Morgan fingerprint density at radius 3 is 2.46 bits per heavy atom. The van der Waals surface area contributed by atoms with Crippen LogP contribution in [0, 0.1) is 12.8 Å². The normalized spacial score (nSPS) is 16.1. The Hall–Kier alpha value is -4.33. The van der Waals surface area contributed by atoms with E-state index in [9.17, 15) is 14.7 Å². The highest BCUT2D eigenvalue weighted by Crippen LogP contribution is 2.41. The molecule has 0 spiro atoms. The fourth-order valence-electron chi connectivity index (χ4n) is 6.17. The van der Waals surface area contributed by atoms with E-state index in [0.717, 1.165) is 68.1 Å². The zero-order chi connectivity index (χ0) is 32.8. The Morgan fingerprint density at radius 2 is 1.78 bits per heavy atom. The lowest BCUT2D eigenvalue weighted by Crippen LogP contribution is -2.38. The molecule has 2 aliphatic rings. The van der Waals surface area contributed by atoms with Gasteiger partial charge in [0.25, 0.3) is 0 Å². The highest BCUT2D eigenvalue weighted by atomic mass is 32.1. The molecule has 1 aromatic carbocycles. The molecule has 2 N–H and O–H groups in total. The lowest BCUT2D eigenvalue weighted by Gasteiger charge is -2.37. The summed E-state index contributed by atoms with van der Waals surface area (Å²) >= 11 is 1.21. The number of esters is 1. The molecule has 1 saturated heterocycles. The predicted molar refractivity (Wildman–Crippen MR) is 175 cm³/mol. The van der Waals surface area contributed by atoms with E-state index < -0.39 is 11.9 Å². The minimum atomic E-state index is -0.772. The van der Waals surface area contributed by atoms with E-state index >= 15 is 0 Å². The minimum Gasteiger partial charge on any atom is -0.493 e. The highest BCUT2D eigenvalue weighted by molar-refractivity contribution is 7.17. The van der Waals surface area contributed by atoms with Gasteiger partial charge in [-0.2, -0.15) is 9.97 Å². The van der Waals surface area contributed by atoms with Crippen LogP contribution in [0.2, 0.25) is 0 Å². The zero-order valence-electron chi connectivity index (χ0n) is 27.1. The summed E-state index contributed by atoms with van der Waals surface area (Å²) in [5.74, 6) is 2.82. The maximum Gasteiger partial charge on any atom is 0.350 e. The molecule has 1 fully saturated rings. The maximum atomic E-state index is 12.5. The number of carboxylic acid groups (broad SMARTS) is 1. The standard InChI is InChI=1S/C32H42N6O7S/c1-6-45-30(41)27-19(2)33-32(46-27)36-31-34-28(37-13-7-9-20(17-37)11-12-25(39)40)22-10-8-14-38(29(22)35-31)18-21-15-23(42-3)26(44-5)24(16-21)43-4/h15-16,20H,6-14,17-18H2,1-5H3,(H,39,40)(H,33,34,35,36). The monoisotopic (exact) mass is 654 g/mol. The maximum absolute atomic E-state index is 12.5. The van der Waals surface area contributed by atoms with E-state index in [1.165, 1.54) is 11.3 Å². The van der Waals surface area contributed by atoms with Crippen LogP contribution in [0.3, 0.4) is 0 Å². The van der Waals surface area contributed by atoms with Gasteiger partial charge in [-0.1, -0.05) is 11.3 Å². The first-order valence-electron chi connectivity index (χ1n) is 15.6. The molecule has 14 heteroatoms. The summed E-state index contributed by atoms with van der Waals surface area (Å²) in [5, 5.41) is 13.1. The third-order valence-corrected chi connectivity index (χ3v) is 9.33. The lowest BCUT2D eigenvalue weighted by atomic mass is 9.93. The number of thiazole rings is 1. The number of hydrogen-bond acceptors (Lipinski definition) is 13. The first-order valence-corrected chi connectivity index (χ1v) is 16.4. The molecule has 46 heavy (non-hydrogen) atoms. The van der Waals surface area contributed by atoms with Crippen LogP contribution >= 0.6 is 11.3 Å². The third kappa shape index (κ3) is 7.38. The van der Waals surface area contributed by atoms with E-state index in [1.807, 2.05) is 12.1 Å². The number of aromatic nitrogens is 3. The SMILES string of the molecule is CCOC(=O)c1sc(Nc2nc3c(c(N4CCCC(CCC(=O)O)C4)n2)CCCN3Cc2cc(OC)c(OC)c(OC)c2)nc1C. The van der Waals surface area contributed by atoms with Crippen molar-refractivity contribution in [2.45, 2.75) is 58.9 Å². The van der Waals surface area contributed by atoms with Gasteiger partial charge < -0.3 is 33.9 Å². The number of rotatable bonds is 13. The molecule has 0 saturated carbocycles. The zero-order valence-corrected chi connectivity index (χ0v) is 27.9. The first kappa shape index (κ1) is 33.0. The number of nitrogens with one attached hydrogen (secondary N) is 1. The molecule has 248 valence electrons. The molecule has 5 rings (SSSR count). The molecule has 2 aromatic heterocycles. The van der Waals surface area contributed by atoms with Gasteiger partial charge in [0.2, 0.25) is 11.7 Å². The number of nitrogens with zero attached hydrogens (tertiary/aromatic N) is 5. The van der Waals surface area contributed by atoms with E-state index in [-0.39, 0.29) is 18.9 Å². The van der Waals surface area contributed by atoms with E-state index in [2.05, 4.69) is 20.1 Å². The summed E-state index contributed by atoms with van der Waals surface area (Å²) in [6.07, 6.45) is 4.47. The smallest absolute Gasteiger partial charge is 0.350 e. The van der Waals surface area contributed by atoms with Gasteiger partial charge in [-0.3, -0.25) is 10.1 Å². The number of piperidine rings is 1. The number of ether oxygens (including phenoxy) is 4. The molecule has 1 unspecified atom stereocenters. The van der Waals surface area contributed by atoms with Crippen LogP contribution in [0.25, 0.3) is 0 Å². The van der Waals surface area contributed by atoms with E-state index in [4.69, 9.17) is 28.9 Å². The van der Waals surface area contributed by atoms with Crippen molar-refractivity contribution in [3.63, 3.8) is 0 Å². The van der Waals surface area contributed by atoms with Crippen LogP contribution in [-0.2, 0) is 22.5 Å². The van der Waals surface area contributed by atoms with E-state index in [0.29, 0.717) is 51.9 Å². The summed E-state index contributed by atoms with van der Waals surface area (Å²) in [6.45, 7) is 6.70. The highest BCUT2D eigenvalue weighted by Gasteiger charge is 2.30. The Kier molecular flexibility index (Phi) is 10.7. The molecule has 2 aliphatic heterocycles. The van der Waals surface area contributed by atoms with Crippen LogP contribution in [0.4, 0.5) is 22.7 Å². The number of carbonyl (C=O) groups excluding carboxylic acids is 1. The molecule has 0 radical (unpaired) electrons.